The first-order valence-corrected chi connectivity index (χ1v) is 15.0. The SMILES string of the molecule is CCCCCCCCCCCCCNCC(=O)N(CCCCO)CC(=O)N(CC(N)=O)Cc1cccs1. The summed E-state index contributed by atoms with van der Waals surface area (Å²) in [6.45, 7) is 3.60. The van der Waals surface area contributed by atoms with Crippen LogP contribution in [0.15, 0.2) is 17.5 Å². The third-order valence-corrected chi connectivity index (χ3v) is 7.24. The molecular weight excluding hydrogens is 488 g/mol. The average Bonchev–Trinajstić information content (AvgIpc) is 3.38. The first kappa shape index (κ1) is 33.1. The zero-order chi connectivity index (χ0) is 27.1. The molecule has 1 rings (SSSR count). The molecule has 9 heteroatoms. The Morgan fingerprint density at radius 3 is 2.08 bits per heavy atom. The van der Waals surface area contributed by atoms with Crippen molar-refractivity contribution in [2.24, 2.45) is 5.73 Å². The Kier molecular flexibility index (Phi) is 19.7. The Morgan fingerprint density at radius 1 is 0.865 bits per heavy atom. The van der Waals surface area contributed by atoms with Gasteiger partial charge in [0.25, 0.3) is 0 Å². The zero-order valence-corrected chi connectivity index (χ0v) is 23.7. The minimum Gasteiger partial charge on any atom is -0.396 e. The number of nitrogens with zero attached hydrogens (tertiary/aromatic N) is 2. The second-order valence-corrected chi connectivity index (χ2v) is 10.8. The summed E-state index contributed by atoms with van der Waals surface area (Å²) < 4.78 is 0. The maximum atomic E-state index is 13.0. The van der Waals surface area contributed by atoms with Crippen molar-refractivity contribution in [3.8, 4) is 0 Å². The first-order chi connectivity index (χ1) is 18.0. The molecule has 1 aromatic heterocycles. The van der Waals surface area contributed by atoms with Gasteiger partial charge in [-0.25, -0.2) is 0 Å². The van der Waals surface area contributed by atoms with E-state index < -0.39 is 5.91 Å². The van der Waals surface area contributed by atoms with Gasteiger partial charge in [0.05, 0.1) is 26.2 Å². The number of hydrogen-bond donors (Lipinski definition) is 3. The molecule has 0 aliphatic rings. The number of nitrogens with one attached hydrogen (secondary N) is 1. The molecule has 4 N–H and O–H groups in total. The van der Waals surface area contributed by atoms with E-state index in [1.165, 1.54) is 78.9 Å². The highest BCUT2D eigenvalue weighted by atomic mass is 32.1. The highest BCUT2D eigenvalue weighted by molar-refractivity contribution is 7.09. The van der Waals surface area contributed by atoms with Crippen molar-refractivity contribution in [1.29, 1.82) is 0 Å². The number of unbranched alkanes of at least 4 members (excludes halogenated alkanes) is 11. The number of rotatable bonds is 24. The fourth-order valence-corrected chi connectivity index (χ4v) is 4.92. The Bertz CT molecular complexity index is 730. The number of nitrogens with two attached hydrogens (primary N) is 1. The molecule has 1 heterocycles. The summed E-state index contributed by atoms with van der Waals surface area (Å²) in [5.74, 6) is -1.05. The largest absolute Gasteiger partial charge is 0.396 e. The van der Waals surface area contributed by atoms with Gasteiger partial charge in [0.2, 0.25) is 17.7 Å². The van der Waals surface area contributed by atoms with Crippen LogP contribution in [0, 0.1) is 0 Å². The van der Waals surface area contributed by atoms with Gasteiger partial charge in [-0.15, -0.1) is 11.3 Å². The summed E-state index contributed by atoms with van der Waals surface area (Å²) in [7, 11) is 0. The lowest BCUT2D eigenvalue weighted by molar-refractivity contribution is -0.141. The molecule has 0 spiro atoms. The molecule has 212 valence electrons. The fourth-order valence-electron chi connectivity index (χ4n) is 4.20. The Hall–Kier alpha value is -1.97. The lowest BCUT2D eigenvalue weighted by atomic mass is 10.1. The van der Waals surface area contributed by atoms with E-state index in [-0.39, 0.29) is 44.6 Å². The van der Waals surface area contributed by atoms with Crippen molar-refractivity contribution in [1.82, 2.24) is 15.1 Å². The van der Waals surface area contributed by atoms with Crippen molar-refractivity contribution in [3.63, 3.8) is 0 Å². The number of hydrogen-bond acceptors (Lipinski definition) is 6. The monoisotopic (exact) mass is 538 g/mol. The highest BCUT2D eigenvalue weighted by Gasteiger charge is 2.22. The fraction of sp³-hybridized carbons (Fsp3) is 0.750. The van der Waals surface area contributed by atoms with Crippen LogP contribution in [0.4, 0.5) is 0 Å². The Balaban J connectivity index is 2.36. The number of aliphatic hydroxyl groups excluding tert-OH is 1. The smallest absolute Gasteiger partial charge is 0.242 e. The maximum absolute atomic E-state index is 13.0. The number of aliphatic hydroxyl groups is 1. The molecular formula is C28H50N4O4S. The quantitative estimate of drug-likeness (QED) is 0.172. The number of amides is 3. The van der Waals surface area contributed by atoms with E-state index in [2.05, 4.69) is 12.2 Å². The third kappa shape index (κ3) is 17.2. The topological polar surface area (TPSA) is 116 Å². The van der Waals surface area contributed by atoms with E-state index in [9.17, 15) is 14.4 Å². The van der Waals surface area contributed by atoms with Crippen LogP contribution < -0.4 is 11.1 Å². The average molecular weight is 539 g/mol. The standard InChI is InChI=1S/C28H50N4O4S/c1-2-3-4-5-6-7-8-9-10-11-12-17-30-21-27(35)31(18-13-14-19-33)24-28(36)32(23-26(29)34)22-25-16-15-20-37-25/h15-16,20,30,33H,2-14,17-19,21-24H2,1H3,(H2,29,34). The summed E-state index contributed by atoms with van der Waals surface area (Å²) in [5, 5.41) is 14.3. The van der Waals surface area contributed by atoms with Crippen molar-refractivity contribution < 1.29 is 19.5 Å². The van der Waals surface area contributed by atoms with Gasteiger partial charge in [-0.3, -0.25) is 14.4 Å². The summed E-state index contributed by atoms with van der Waals surface area (Å²) in [6.07, 6.45) is 15.3. The Labute approximate surface area is 228 Å². The summed E-state index contributed by atoms with van der Waals surface area (Å²) in [4.78, 5) is 41.3. The molecule has 37 heavy (non-hydrogen) atoms. The van der Waals surface area contributed by atoms with Gasteiger partial charge in [-0.05, 0) is 37.3 Å². The molecule has 0 unspecified atom stereocenters. The molecule has 8 nitrogen and oxygen atoms in total. The molecule has 0 fully saturated rings. The highest BCUT2D eigenvalue weighted by Crippen LogP contribution is 2.13. The second-order valence-electron chi connectivity index (χ2n) is 9.75. The van der Waals surface area contributed by atoms with E-state index in [4.69, 9.17) is 10.8 Å². The first-order valence-electron chi connectivity index (χ1n) is 14.2. The van der Waals surface area contributed by atoms with Crippen LogP contribution in [0.1, 0.15) is 95.3 Å². The van der Waals surface area contributed by atoms with Gasteiger partial charge in [0.15, 0.2) is 0 Å². The van der Waals surface area contributed by atoms with Crippen LogP contribution in [0.2, 0.25) is 0 Å². The predicted molar refractivity (Wildman–Crippen MR) is 151 cm³/mol. The molecule has 0 saturated carbocycles. The van der Waals surface area contributed by atoms with Crippen LogP contribution in [0.3, 0.4) is 0 Å². The van der Waals surface area contributed by atoms with Crippen molar-refractivity contribution >= 4 is 29.1 Å². The van der Waals surface area contributed by atoms with Crippen LogP contribution in [0.5, 0.6) is 0 Å². The molecule has 0 aliphatic heterocycles. The molecule has 0 bridgehead atoms. The molecule has 0 aliphatic carbocycles. The molecule has 0 radical (unpaired) electrons. The molecule has 0 aromatic carbocycles. The molecule has 3 amide bonds. The lowest BCUT2D eigenvalue weighted by Crippen LogP contribution is -2.47. The van der Waals surface area contributed by atoms with E-state index in [0.29, 0.717) is 19.4 Å². The zero-order valence-electron chi connectivity index (χ0n) is 22.9. The Morgan fingerprint density at radius 2 is 1.51 bits per heavy atom. The van der Waals surface area contributed by atoms with Crippen LogP contribution in [0.25, 0.3) is 0 Å². The number of carbonyl (C=O) groups is 3. The predicted octanol–water partition coefficient (Wildman–Crippen LogP) is 4.06. The van der Waals surface area contributed by atoms with E-state index in [1.54, 1.807) is 0 Å². The maximum Gasteiger partial charge on any atom is 0.242 e. The minimum absolute atomic E-state index is 0.0409. The van der Waals surface area contributed by atoms with Crippen LogP contribution in [-0.2, 0) is 20.9 Å². The van der Waals surface area contributed by atoms with Crippen LogP contribution in [-0.4, -0.2) is 72.0 Å². The molecule has 1 aromatic rings. The van der Waals surface area contributed by atoms with Gasteiger partial charge in [-0.1, -0.05) is 77.2 Å². The van der Waals surface area contributed by atoms with Gasteiger partial charge >= 0.3 is 0 Å². The van der Waals surface area contributed by atoms with E-state index in [0.717, 1.165) is 24.3 Å². The number of primary amides is 1. The van der Waals surface area contributed by atoms with Crippen molar-refractivity contribution in [2.45, 2.75) is 96.9 Å². The number of thiophene rings is 1. The van der Waals surface area contributed by atoms with Crippen molar-refractivity contribution in [2.75, 3.05) is 39.3 Å². The van der Waals surface area contributed by atoms with Crippen LogP contribution >= 0.6 is 11.3 Å². The van der Waals surface area contributed by atoms with Gasteiger partial charge < -0.3 is 26.0 Å². The second kappa shape index (κ2) is 22.1. The lowest BCUT2D eigenvalue weighted by Gasteiger charge is -2.27. The van der Waals surface area contributed by atoms with Gasteiger partial charge in [0.1, 0.15) is 0 Å². The normalized spacial score (nSPS) is 11.0. The number of carbonyl (C=O) groups excluding carboxylic acids is 3. The summed E-state index contributed by atoms with van der Waals surface area (Å²) >= 11 is 1.50. The van der Waals surface area contributed by atoms with E-state index >= 15 is 0 Å². The van der Waals surface area contributed by atoms with E-state index in [1.807, 2.05) is 17.5 Å². The van der Waals surface area contributed by atoms with Crippen molar-refractivity contribution in [3.05, 3.63) is 22.4 Å². The summed E-state index contributed by atoms with van der Waals surface area (Å²) in [6, 6.07) is 3.79. The third-order valence-electron chi connectivity index (χ3n) is 6.37. The summed E-state index contributed by atoms with van der Waals surface area (Å²) in [5.41, 5.74) is 5.36. The minimum atomic E-state index is -0.586. The van der Waals surface area contributed by atoms with Gasteiger partial charge in [-0.2, -0.15) is 0 Å². The van der Waals surface area contributed by atoms with Gasteiger partial charge in [0, 0.05) is 18.0 Å². The molecule has 0 saturated heterocycles. The molecule has 0 atom stereocenters.